The number of pyridine rings is 1. The minimum absolute atomic E-state index is 0.308. The third-order valence-corrected chi connectivity index (χ3v) is 5.61. The topological polar surface area (TPSA) is 79.5 Å². The van der Waals surface area contributed by atoms with Crippen LogP contribution < -0.4 is 10.6 Å². The second-order valence-electron chi connectivity index (χ2n) is 7.97. The molecule has 3 N–H and O–H groups in total. The minimum Gasteiger partial charge on any atom is -0.396 e. The molecule has 5 nitrogen and oxygen atoms in total. The predicted octanol–water partition coefficient (Wildman–Crippen LogP) is 3.76. The van der Waals surface area contributed by atoms with Gasteiger partial charge in [-0.2, -0.15) is 0 Å². The molecule has 0 unspecified atom stereocenters. The van der Waals surface area contributed by atoms with Gasteiger partial charge in [0.25, 0.3) is 5.91 Å². The number of nitrogens with zero attached hydrogens (tertiary/aromatic N) is 2. The zero-order valence-corrected chi connectivity index (χ0v) is 16.4. The molecule has 0 bridgehead atoms. The van der Waals surface area contributed by atoms with Crippen LogP contribution in [0.25, 0.3) is 0 Å². The normalized spacial score (nSPS) is 17.9. The van der Waals surface area contributed by atoms with E-state index in [0.29, 0.717) is 23.6 Å². The van der Waals surface area contributed by atoms with E-state index < -0.39 is 5.91 Å². The first-order chi connectivity index (χ1) is 12.5. The Balaban J connectivity index is 0.000000298. The van der Waals surface area contributed by atoms with Crippen molar-refractivity contribution in [1.29, 1.82) is 0 Å². The molecule has 0 aromatic carbocycles. The van der Waals surface area contributed by atoms with Crippen molar-refractivity contribution in [3.8, 4) is 0 Å². The Morgan fingerprint density at radius 3 is 2.35 bits per heavy atom. The van der Waals surface area contributed by atoms with Crippen molar-refractivity contribution in [1.82, 2.24) is 4.98 Å². The monoisotopic (exact) mass is 361 g/mol. The number of hydrogen-bond donors (Lipinski definition) is 2. The van der Waals surface area contributed by atoms with Crippen LogP contribution in [0.1, 0.15) is 75.7 Å². The van der Waals surface area contributed by atoms with Crippen LogP contribution in [0.3, 0.4) is 0 Å². The lowest BCUT2D eigenvalue weighted by Crippen LogP contribution is -2.62. The fraction of sp³-hybridized carbons (Fsp3) is 0.714. The first-order valence-corrected chi connectivity index (χ1v) is 10.1. The van der Waals surface area contributed by atoms with Crippen molar-refractivity contribution < 1.29 is 9.90 Å². The van der Waals surface area contributed by atoms with E-state index in [1.54, 1.807) is 12.3 Å². The molecule has 1 saturated carbocycles. The molecule has 0 radical (unpaired) electrons. The number of carbonyl (C=O) groups is 1. The van der Waals surface area contributed by atoms with Gasteiger partial charge in [0.2, 0.25) is 0 Å². The molecule has 5 heteroatoms. The molecule has 1 aromatic heterocycles. The molecule has 2 aliphatic rings. The fourth-order valence-corrected chi connectivity index (χ4v) is 4.15. The van der Waals surface area contributed by atoms with E-state index in [0.717, 1.165) is 25.2 Å². The molecule has 26 heavy (non-hydrogen) atoms. The van der Waals surface area contributed by atoms with Crippen LogP contribution in [0.2, 0.25) is 0 Å². The summed E-state index contributed by atoms with van der Waals surface area (Å²) in [5, 5.41) is 8.91. The van der Waals surface area contributed by atoms with Crippen LogP contribution in [0.4, 0.5) is 5.69 Å². The van der Waals surface area contributed by atoms with Gasteiger partial charge < -0.3 is 15.7 Å². The van der Waals surface area contributed by atoms with Gasteiger partial charge in [-0.15, -0.1) is 0 Å². The zero-order valence-electron chi connectivity index (χ0n) is 16.4. The number of aliphatic hydroxyl groups excluding tert-OH is 1. The Bertz CT molecular complexity index is 541. The molecule has 1 spiro atoms. The third kappa shape index (κ3) is 5.44. The van der Waals surface area contributed by atoms with Crippen molar-refractivity contribution in [2.75, 3.05) is 24.6 Å². The summed E-state index contributed by atoms with van der Waals surface area (Å²) in [7, 11) is 0. The average molecular weight is 362 g/mol. The molecule has 1 aliphatic carbocycles. The van der Waals surface area contributed by atoms with Crippen molar-refractivity contribution in [2.24, 2.45) is 17.1 Å². The van der Waals surface area contributed by atoms with Gasteiger partial charge in [0.1, 0.15) is 5.69 Å². The lowest BCUT2D eigenvalue weighted by atomic mass is 9.57. The summed E-state index contributed by atoms with van der Waals surface area (Å²) < 4.78 is 0. The number of carbonyl (C=O) groups excluding carboxylic acids is 1. The van der Waals surface area contributed by atoms with Crippen LogP contribution in [0.15, 0.2) is 18.3 Å². The molecule has 1 aliphatic heterocycles. The molecular weight excluding hydrogens is 326 g/mol. The predicted molar refractivity (Wildman–Crippen MR) is 106 cm³/mol. The number of primary amides is 1. The molecule has 1 aromatic rings. The van der Waals surface area contributed by atoms with Crippen LogP contribution in [0, 0.1) is 11.3 Å². The van der Waals surface area contributed by atoms with Gasteiger partial charge in [0.15, 0.2) is 0 Å². The number of anilines is 1. The first-order valence-electron chi connectivity index (χ1n) is 10.1. The number of rotatable bonds is 8. The summed E-state index contributed by atoms with van der Waals surface area (Å²) in [5.41, 5.74) is 7.01. The summed E-state index contributed by atoms with van der Waals surface area (Å²) in [6.07, 6.45) is 12.1. The highest BCUT2D eigenvalue weighted by Gasteiger charge is 2.51. The summed E-state index contributed by atoms with van der Waals surface area (Å²) in [6, 6.07) is 3.59. The van der Waals surface area contributed by atoms with E-state index in [1.807, 2.05) is 6.07 Å². The Labute approximate surface area is 158 Å². The van der Waals surface area contributed by atoms with E-state index in [9.17, 15) is 4.79 Å². The molecule has 2 fully saturated rings. The standard InChI is InChI=1S/C14H19N3O2.C7H16/c15-13(19)12-2-1-11(7-16-12)17-8-14(9-17)5-10(6-14)3-4-18;1-3-5-7-6-4-2/h1-2,7,10,18H,3-6,8-9H2,(H2,15,19);3-7H2,1-2H3. The van der Waals surface area contributed by atoms with Crippen molar-refractivity contribution in [2.45, 2.75) is 65.2 Å². The molecule has 1 saturated heterocycles. The quantitative estimate of drug-likeness (QED) is 0.691. The Hall–Kier alpha value is -1.62. The van der Waals surface area contributed by atoms with E-state index in [4.69, 9.17) is 10.8 Å². The van der Waals surface area contributed by atoms with Gasteiger partial charge in [0, 0.05) is 25.1 Å². The van der Waals surface area contributed by atoms with Gasteiger partial charge in [-0.1, -0.05) is 46.0 Å². The largest absolute Gasteiger partial charge is 0.396 e. The van der Waals surface area contributed by atoms with E-state index in [1.165, 1.54) is 44.9 Å². The average Bonchev–Trinajstić information content (AvgIpc) is 2.57. The highest BCUT2D eigenvalue weighted by molar-refractivity contribution is 5.90. The van der Waals surface area contributed by atoms with Gasteiger partial charge >= 0.3 is 0 Å². The van der Waals surface area contributed by atoms with Crippen molar-refractivity contribution >= 4 is 11.6 Å². The molecule has 146 valence electrons. The Morgan fingerprint density at radius 2 is 1.88 bits per heavy atom. The van der Waals surface area contributed by atoms with Gasteiger partial charge in [-0.05, 0) is 37.3 Å². The molecule has 1 amide bonds. The van der Waals surface area contributed by atoms with Crippen LogP contribution >= 0.6 is 0 Å². The van der Waals surface area contributed by atoms with E-state index >= 15 is 0 Å². The Morgan fingerprint density at radius 1 is 1.23 bits per heavy atom. The second kappa shape index (κ2) is 9.91. The SMILES string of the molecule is CCCCCCC.NC(=O)c1ccc(N2CC3(CC(CCO)C3)C2)cn1. The lowest BCUT2D eigenvalue weighted by Gasteiger charge is -2.60. The second-order valence-corrected chi connectivity index (χ2v) is 7.97. The number of amides is 1. The maximum absolute atomic E-state index is 10.9. The number of aliphatic hydroxyl groups is 1. The van der Waals surface area contributed by atoms with Gasteiger partial charge in [-0.25, -0.2) is 4.98 Å². The summed E-state index contributed by atoms with van der Waals surface area (Å²) >= 11 is 0. The van der Waals surface area contributed by atoms with Crippen molar-refractivity contribution in [3.63, 3.8) is 0 Å². The van der Waals surface area contributed by atoms with Crippen LogP contribution in [0.5, 0.6) is 0 Å². The molecule has 0 atom stereocenters. The zero-order chi connectivity index (χ0) is 19.0. The number of hydrogen-bond acceptors (Lipinski definition) is 4. The van der Waals surface area contributed by atoms with Gasteiger partial charge in [-0.3, -0.25) is 4.79 Å². The molecular formula is C21H35N3O2. The van der Waals surface area contributed by atoms with E-state index in [2.05, 4.69) is 23.7 Å². The first kappa shape index (κ1) is 20.7. The summed E-state index contributed by atoms with van der Waals surface area (Å²) in [4.78, 5) is 17.3. The lowest BCUT2D eigenvalue weighted by molar-refractivity contribution is 0.0111. The molecule has 2 heterocycles. The highest BCUT2D eigenvalue weighted by Crippen LogP contribution is 2.53. The number of aromatic nitrogens is 1. The Kier molecular flexibility index (Phi) is 7.88. The number of nitrogens with two attached hydrogens (primary N) is 1. The molecule has 3 rings (SSSR count). The summed E-state index contributed by atoms with van der Waals surface area (Å²) in [5.74, 6) is 0.222. The summed E-state index contributed by atoms with van der Waals surface area (Å²) in [6.45, 7) is 6.92. The maximum atomic E-state index is 10.9. The number of unbranched alkanes of at least 4 members (excludes halogenated alkanes) is 4. The fourth-order valence-electron chi connectivity index (χ4n) is 4.15. The van der Waals surface area contributed by atoms with E-state index in [-0.39, 0.29) is 0 Å². The van der Waals surface area contributed by atoms with Crippen molar-refractivity contribution in [3.05, 3.63) is 24.0 Å². The third-order valence-electron chi connectivity index (χ3n) is 5.61. The van der Waals surface area contributed by atoms with Crippen LogP contribution in [-0.4, -0.2) is 35.7 Å². The van der Waals surface area contributed by atoms with Gasteiger partial charge in [0.05, 0.1) is 11.9 Å². The smallest absolute Gasteiger partial charge is 0.267 e. The van der Waals surface area contributed by atoms with Crippen LogP contribution in [-0.2, 0) is 0 Å². The minimum atomic E-state index is -0.488. The maximum Gasteiger partial charge on any atom is 0.267 e. The highest BCUT2D eigenvalue weighted by atomic mass is 16.3.